The Balaban J connectivity index is 2.20. The van der Waals surface area contributed by atoms with Crippen LogP contribution in [0.3, 0.4) is 0 Å². The lowest BCUT2D eigenvalue weighted by molar-refractivity contribution is -0.154. The third kappa shape index (κ3) is 3.11. The summed E-state index contributed by atoms with van der Waals surface area (Å²) >= 11 is 3.45. The molecular weight excluding hydrogens is 320 g/mol. The summed E-state index contributed by atoms with van der Waals surface area (Å²) in [4.78, 5) is 24.3. The molecule has 0 bridgehead atoms. The molecule has 1 aliphatic rings. The van der Waals surface area contributed by atoms with E-state index in [1.54, 1.807) is 0 Å². The predicted octanol–water partition coefficient (Wildman–Crippen LogP) is 3.54. The van der Waals surface area contributed by atoms with Gasteiger partial charge in [0.15, 0.2) is 5.78 Å². The van der Waals surface area contributed by atoms with E-state index in [9.17, 15) is 9.59 Å². The van der Waals surface area contributed by atoms with Gasteiger partial charge in [0.2, 0.25) is 0 Å². The highest BCUT2D eigenvalue weighted by Gasteiger charge is 2.44. The molecule has 0 aromatic heterocycles. The van der Waals surface area contributed by atoms with Crippen molar-refractivity contribution in [3.05, 3.63) is 34.3 Å². The lowest BCUT2D eigenvalue weighted by Gasteiger charge is -2.35. The molecule has 2 atom stereocenters. The summed E-state index contributed by atoms with van der Waals surface area (Å²) in [5.74, 6) is -0.961. The number of ether oxygens (including phenoxy) is 1. The van der Waals surface area contributed by atoms with Gasteiger partial charge in [-0.25, -0.2) is 0 Å². The first-order valence-electron chi connectivity index (χ1n) is 6.83. The van der Waals surface area contributed by atoms with E-state index in [4.69, 9.17) is 4.74 Å². The number of carbonyl (C=O) groups is 2. The van der Waals surface area contributed by atoms with E-state index in [1.807, 2.05) is 31.2 Å². The van der Waals surface area contributed by atoms with E-state index < -0.39 is 17.3 Å². The molecule has 4 heteroatoms. The second-order valence-electron chi connectivity index (χ2n) is 5.70. The van der Waals surface area contributed by atoms with Crippen LogP contribution in [0.1, 0.15) is 31.7 Å². The molecule has 1 saturated carbocycles. The van der Waals surface area contributed by atoms with E-state index >= 15 is 0 Å². The number of halogens is 1. The molecule has 1 aliphatic carbocycles. The molecule has 0 radical (unpaired) electrons. The number of ketones is 1. The maximum Gasteiger partial charge on any atom is 0.316 e. The van der Waals surface area contributed by atoms with Crippen LogP contribution in [0.15, 0.2) is 28.7 Å². The smallest absolute Gasteiger partial charge is 0.316 e. The summed E-state index contributed by atoms with van der Waals surface area (Å²) in [6, 6.07) is 7.98. The van der Waals surface area contributed by atoms with Crippen molar-refractivity contribution >= 4 is 27.7 Å². The number of hydrogen-bond acceptors (Lipinski definition) is 3. The van der Waals surface area contributed by atoms with Crippen LogP contribution >= 0.6 is 15.9 Å². The first-order chi connectivity index (χ1) is 9.46. The third-order valence-corrected chi connectivity index (χ3v) is 4.59. The monoisotopic (exact) mass is 338 g/mol. The third-order valence-electron chi connectivity index (χ3n) is 4.10. The summed E-state index contributed by atoms with van der Waals surface area (Å²) in [7, 11) is 1.34. The minimum atomic E-state index is -0.592. The van der Waals surface area contributed by atoms with Gasteiger partial charge in [-0.05, 0) is 37.0 Å². The van der Waals surface area contributed by atoms with Gasteiger partial charge >= 0.3 is 5.97 Å². The lowest BCUT2D eigenvalue weighted by Crippen LogP contribution is -2.42. The van der Waals surface area contributed by atoms with Gasteiger partial charge in [0.25, 0.3) is 0 Å². The number of hydrogen-bond donors (Lipinski definition) is 0. The van der Waals surface area contributed by atoms with Crippen molar-refractivity contribution in [3.63, 3.8) is 0 Å². The molecule has 108 valence electrons. The van der Waals surface area contributed by atoms with E-state index in [1.165, 1.54) is 7.11 Å². The molecule has 0 spiro atoms. The second kappa shape index (κ2) is 6.08. The van der Waals surface area contributed by atoms with E-state index in [2.05, 4.69) is 15.9 Å². The Morgan fingerprint density at radius 1 is 1.50 bits per heavy atom. The minimum Gasteiger partial charge on any atom is -0.468 e. The number of esters is 1. The molecule has 1 fully saturated rings. The zero-order valence-corrected chi connectivity index (χ0v) is 13.4. The van der Waals surface area contributed by atoms with Gasteiger partial charge < -0.3 is 4.74 Å². The molecule has 0 heterocycles. The van der Waals surface area contributed by atoms with Gasteiger partial charge in [-0.15, -0.1) is 0 Å². The zero-order valence-electron chi connectivity index (χ0n) is 11.8. The van der Waals surface area contributed by atoms with Crippen LogP contribution in [0.2, 0.25) is 0 Å². The van der Waals surface area contributed by atoms with Crippen molar-refractivity contribution in [1.29, 1.82) is 0 Å². The van der Waals surface area contributed by atoms with Crippen LogP contribution in [0.25, 0.3) is 0 Å². The fraction of sp³-hybridized carbons (Fsp3) is 0.500. The highest BCUT2D eigenvalue weighted by atomic mass is 79.9. The first kappa shape index (κ1) is 15.2. The molecule has 3 nitrogen and oxygen atoms in total. The van der Waals surface area contributed by atoms with Crippen molar-refractivity contribution in [3.8, 4) is 0 Å². The van der Waals surface area contributed by atoms with Gasteiger partial charge in [-0.3, -0.25) is 9.59 Å². The molecule has 0 aliphatic heterocycles. The molecular formula is C16H19BrO3. The van der Waals surface area contributed by atoms with E-state index in [0.717, 1.165) is 22.9 Å². The van der Waals surface area contributed by atoms with Crippen molar-refractivity contribution in [1.82, 2.24) is 0 Å². The summed E-state index contributed by atoms with van der Waals surface area (Å²) in [5, 5.41) is 0. The van der Waals surface area contributed by atoms with Crippen LogP contribution in [0, 0.1) is 11.3 Å². The van der Waals surface area contributed by atoms with Gasteiger partial charge in [0.05, 0.1) is 7.11 Å². The molecule has 2 rings (SSSR count). The van der Waals surface area contributed by atoms with Crippen LogP contribution in [-0.4, -0.2) is 18.9 Å². The molecule has 0 saturated heterocycles. The highest BCUT2D eigenvalue weighted by Crippen LogP contribution is 2.39. The zero-order chi connectivity index (χ0) is 14.8. The molecule has 1 aromatic rings. The number of methoxy groups -OCH3 is 1. The first-order valence-corrected chi connectivity index (χ1v) is 7.62. The number of rotatable bonds is 3. The number of Topliss-reactive ketones (excluding diaryl/α,β-unsaturated/α-hetero) is 1. The van der Waals surface area contributed by atoms with Crippen molar-refractivity contribution in [2.24, 2.45) is 11.3 Å². The fourth-order valence-corrected chi connectivity index (χ4v) is 3.46. The van der Waals surface area contributed by atoms with Gasteiger partial charge in [-0.2, -0.15) is 0 Å². The van der Waals surface area contributed by atoms with Crippen molar-refractivity contribution < 1.29 is 14.3 Å². The van der Waals surface area contributed by atoms with Crippen molar-refractivity contribution in [2.45, 2.75) is 32.6 Å². The Bertz CT molecular complexity index is 526. The Kier molecular flexibility index (Phi) is 4.63. The summed E-state index contributed by atoms with van der Waals surface area (Å²) < 4.78 is 5.76. The lowest BCUT2D eigenvalue weighted by atomic mass is 9.67. The average Bonchev–Trinajstić information content (AvgIpc) is 2.41. The standard InChI is InChI=1S/C16H19BrO3/c1-16(10-11-5-3-6-12(17)9-11)8-4-7-13(14(16)18)15(19)20-2/h3,5-6,9,13H,4,7-8,10H2,1-2H3. The topological polar surface area (TPSA) is 43.4 Å². The average molecular weight is 339 g/mol. The SMILES string of the molecule is COC(=O)C1CCCC(C)(Cc2cccc(Br)c2)C1=O. The van der Waals surface area contributed by atoms with Crippen LogP contribution < -0.4 is 0 Å². The summed E-state index contributed by atoms with van der Waals surface area (Å²) in [6.45, 7) is 1.96. The predicted molar refractivity (Wildman–Crippen MR) is 80.3 cm³/mol. The molecule has 2 unspecified atom stereocenters. The summed E-state index contributed by atoms with van der Waals surface area (Å²) in [5.41, 5.74) is 0.637. The number of benzene rings is 1. The fourth-order valence-electron chi connectivity index (χ4n) is 3.01. The van der Waals surface area contributed by atoms with Crippen LogP contribution in [0.4, 0.5) is 0 Å². The second-order valence-corrected chi connectivity index (χ2v) is 6.62. The molecule has 1 aromatic carbocycles. The Morgan fingerprint density at radius 3 is 2.90 bits per heavy atom. The Morgan fingerprint density at radius 2 is 2.25 bits per heavy atom. The molecule has 20 heavy (non-hydrogen) atoms. The van der Waals surface area contributed by atoms with Crippen LogP contribution in [0.5, 0.6) is 0 Å². The minimum absolute atomic E-state index is 0.0237. The van der Waals surface area contributed by atoms with E-state index in [0.29, 0.717) is 12.8 Å². The van der Waals surface area contributed by atoms with Gasteiger partial charge in [0, 0.05) is 9.89 Å². The van der Waals surface area contributed by atoms with Gasteiger partial charge in [-0.1, -0.05) is 41.4 Å². The summed E-state index contributed by atoms with van der Waals surface area (Å²) in [6.07, 6.45) is 2.99. The van der Waals surface area contributed by atoms with Crippen LogP contribution in [-0.2, 0) is 20.7 Å². The maximum absolute atomic E-state index is 12.6. The van der Waals surface area contributed by atoms with Gasteiger partial charge in [0.1, 0.15) is 5.92 Å². The highest BCUT2D eigenvalue weighted by molar-refractivity contribution is 9.10. The normalized spacial score (nSPS) is 26.4. The van der Waals surface area contributed by atoms with E-state index in [-0.39, 0.29) is 5.78 Å². The quantitative estimate of drug-likeness (QED) is 0.625. The Hall–Kier alpha value is -1.16. The number of carbonyl (C=O) groups excluding carboxylic acids is 2. The maximum atomic E-state index is 12.6. The molecule has 0 N–H and O–H groups in total. The Labute approximate surface area is 127 Å². The largest absolute Gasteiger partial charge is 0.468 e. The molecule has 0 amide bonds. The van der Waals surface area contributed by atoms with Crippen molar-refractivity contribution in [2.75, 3.05) is 7.11 Å².